The Hall–Kier alpha value is -1.77. The molecule has 0 bridgehead atoms. The van der Waals surface area contributed by atoms with Gasteiger partial charge in [0.15, 0.2) is 0 Å². The monoisotopic (exact) mass is 243 g/mol. The number of pyridine rings is 1. The van der Waals surface area contributed by atoms with Crippen molar-refractivity contribution in [3.63, 3.8) is 0 Å². The second-order valence-corrected chi connectivity index (χ2v) is 3.44. The van der Waals surface area contributed by atoms with Crippen molar-refractivity contribution in [3.8, 4) is 6.07 Å². The molecule has 0 aliphatic heterocycles. The van der Waals surface area contributed by atoms with E-state index < -0.39 is 12.6 Å². The molecule has 6 heteroatoms. The Labute approximate surface area is 97.5 Å². The smallest absolute Gasteiger partial charge is 0.357 e. The topological polar surface area (TPSA) is 39.9 Å². The van der Waals surface area contributed by atoms with Crippen molar-refractivity contribution in [1.82, 2.24) is 4.98 Å². The van der Waals surface area contributed by atoms with Crippen LogP contribution in [-0.2, 0) is 0 Å². The Morgan fingerprint density at radius 1 is 1.41 bits per heavy atom. The van der Waals surface area contributed by atoms with Crippen LogP contribution in [0.1, 0.15) is 19.0 Å². The van der Waals surface area contributed by atoms with E-state index in [0.29, 0.717) is 12.4 Å². The summed E-state index contributed by atoms with van der Waals surface area (Å²) in [5, 5.41) is 8.66. The van der Waals surface area contributed by atoms with Crippen LogP contribution in [-0.4, -0.2) is 24.2 Å². The van der Waals surface area contributed by atoms with Crippen LogP contribution < -0.4 is 4.90 Å². The zero-order chi connectivity index (χ0) is 12.9. The molecule has 17 heavy (non-hydrogen) atoms. The van der Waals surface area contributed by atoms with Gasteiger partial charge in [-0.25, -0.2) is 4.98 Å². The van der Waals surface area contributed by atoms with Crippen LogP contribution in [0.5, 0.6) is 0 Å². The minimum Gasteiger partial charge on any atom is -0.357 e. The fourth-order valence-electron chi connectivity index (χ4n) is 1.36. The third-order valence-corrected chi connectivity index (χ3v) is 2.22. The van der Waals surface area contributed by atoms with Gasteiger partial charge < -0.3 is 4.90 Å². The van der Waals surface area contributed by atoms with Gasteiger partial charge in [0.25, 0.3) is 0 Å². The molecule has 1 aromatic rings. The fraction of sp³-hybridized carbons (Fsp3) is 0.455. The Bertz CT molecular complexity index is 409. The average molecular weight is 243 g/mol. The van der Waals surface area contributed by atoms with Gasteiger partial charge in [0.05, 0.1) is 6.42 Å². The van der Waals surface area contributed by atoms with Crippen molar-refractivity contribution >= 4 is 5.82 Å². The number of nitriles is 1. The molecule has 1 rings (SSSR count). The van der Waals surface area contributed by atoms with E-state index >= 15 is 0 Å². The first kappa shape index (κ1) is 13.3. The molecule has 0 fully saturated rings. The SMILES string of the molecule is CCN(CCC(F)(F)F)c1cccc(C#N)n1. The molecule has 0 aromatic carbocycles. The van der Waals surface area contributed by atoms with Crippen molar-refractivity contribution in [1.29, 1.82) is 5.26 Å². The lowest BCUT2D eigenvalue weighted by molar-refractivity contribution is -0.132. The maximum absolute atomic E-state index is 12.1. The second-order valence-electron chi connectivity index (χ2n) is 3.44. The van der Waals surface area contributed by atoms with Crippen LogP contribution in [0.3, 0.4) is 0 Å². The lowest BCUT2D eigenvalue weighted by atomic mass is 10.3. The molecule has 0 atom stereocenters. The number of aromatic nitrogens is 1. The molecule has 0 saturated heterocycles. The van der Waals surface area contributed by atoms with Crippen LogP contribution in [0.25, 0.3) is 0 Å². The van der Waals surface area contributed by atoms with Gasteiger partial charge in [-0.05, 0) is 19.1 Å². The minimum atomic E-state index is -4.18. The minimum absolute atomic E-state index is 0.151. The van der Waals surface area contributed by atoms with E-state index in [1.54, 1.807) is 19.1 Å². The van der Waals surface area contributed by atoms with Crippen molar-refractivity contribution in [2.24, 2.45) is 0 Å². The highest BCUT2D eigenvalue weighted by molar-refractivity contribution is 5.41. The number of rotatable bonds is 4. The van der Waals surface area contributed by atoms with Crippen molar-refractivity contribution in [3.05, 3.63) is 23.9 Å². The number of nitrogens with zero attached hydrogens (tertiary/aromatic N) is 3. The standard InChI is InChI=1S/C11H12F3N3/c1-2-17(7-6-11(12,13)14)10-5-3-4-9(8-15)16-10/h3-5H,2,6-7H2,1H3. The fourth-order valence-corrected chi connectivity index (χ4v) is 1.36. The van der Waals surface area contributed by atoms with E-state index in [1.165, 1.54) is 11.0 Å². The van der Waals surface area contributed by atoms with Crippen LogP contribution >= 0.6 is 0 Å². The van der Waals surface area contributed by atoms with E-state index in [2.05, 4.69) is 4.98 Å². The summed E-state index contributed by atoms with van der Waals surface area (Å²) in [4.78, 5) is 5.45. The number of anilines is 1. The quantitative estimate of drug-likeness (QED) is 0.816. The molecule has 0 aliphatic rings. The van der Waals surface area contributed by atoms with E-state index in [4.69, 9.17) is 5.26 Å². The Morgan fingerprint density at radius 3 is 2.65 bits per heavy atom. The van der Waals surface area contributed by atoms with E-state index in [9.17, 15) is 13.2 Å². The maximum atomic E-state index is 12.1. The third-order valence-electron chi connectivity index (χ3n) is 2.22. The predicted molar refractivity (Wildman–Crippen MR) is 57.5 cm³/mol. The molecule has 0 N–H and O–H groups in total. The normalized spacial score (nSPS) is 11.0. The summed E-state index contributed by atoms with van der Waals surface area (Å²) in [6.45, 7) is 2.01. The largest absolute Gasteiger partial charge is 0.390 e. The number of hydrogen-bond acceptors (Lipinski definition) is 3. The van der Waals surface area contributed by atoms with Crippen LogP contribution in [0.15, 0.2) is 18.2 Å². The van der Waals surface area contributed by atoms with E-state index in [1.807, 2.05) is 6.07 Å². The number of halogens is 3. The molecular formula is C11H12F3N3. The molecule has 0 radical (unpaired) electrons. The molecule has 92 valence electrons. The molecule has 3 nitrogen and oxygen atoms in total. The highest BCUT2D eigenvalue weighted by Gasteiger charge is 2.27. The molecule has 0 unspecified atom stereocenters. The summed E-state index contributed by atoms with van der Waals surface area (Å²) in [6.07, 6.45) is -5.07. The highest BCUT2D eigenvalue weighted by atomic mass is 19.4. The Balaban J connectivity index is 2.76. The zero-order valence-electron chi connectivity index (χ0n) is 9.33. The maximum Gasteiger partial charge on any atom is 0.390 e. The summed E-state index contributed by atoms with van der Waals surface area (Å²) in [5.74, 6) is 0.399. The van der Waals surface area contributed by atoms with Crippen LogP contribution in [0.2, 0.25) is 0 Å². The number of hydrogen-bond donors (Lipinski definition) is 0. The highest BCUT2D eigenvalue weighted by Crippen LogP contribution is 2.21. The van der Waals surface area contributed by atoms with Crippen molar-refractivity contribution in [2.75, 3.05) is 18.0 Å². The summed E-state index contributed by atoms with van der Waals surface area (Å²) in [6, 6.07) is 6.58. The molecule has 1 heterocycles. The lowest BCUT2D eigenvalue weighted by Gasteiger charge is -2.22. The van der Waals surface area contributed by atoms with Gasteiger partial charge in [0, 0.05) is 13.1 Å². The van der Waals surface area contributed by atoms with Crippen molar-refractivity contribution < 1.29 is 13.2 Å². The first-order chi connectivity index (χ1) is 7.96. The summed E-state index contributed by atoms with van der Waals surface area (Å²) >= 11 is 0. The molecule has 0 saturated carbocycles. The molecule has 0 aliphatic carbocycles. The third kappa shape index (κ3) is 4.31. The lowest BCUT2D eigenvalue weighted by Crippen LogP contribution is -2.28. The van der Waals surface area contributed by atoms with Gasteiger partial charge in [0.2, 0.25) is 0 Å². The first-order valence-corrected chi connectivity index (χ1v) is 5.15. The zero-order valence-corrected chi connectivity index (χ0v) is 9.33. The predicted octanol–water partition coefficient (Wildman–Crippen LogP) is 2.73. The van der Waals surface area contributed by atoms with Gasteiger partial charge in [-0.15, -0.1) is 0 Å². The van der Waals surface area contributed by atoms with Crippen molar-refractivity contribution in [2.45, 2.75) is 19.5 Å². The summed E-state index contributed by atoms with van der Waals surface area (Å²) in [5.41, 5.74) is 0.202. The van der Waals surface area contributed by atoms with E-state index in [-0.39, 0.29) is 12.2 Å². The first-order valence-electron chi connectivity index (χ1n) is 5.15. The van der Waals surface area contributed by atoms with Gasteiger partial charge in [-0.1, -0.05) is 6.07 Å². The summed E-state index contributed by atoms with van der Waals surface area (Å²) < 4.78 is 36.3. The second kappa shape index (κ2) is 5.53. The Morgan fingerprint density at radius 2 is 2.12 bits per heavy atom. The molecule has 1 aromatic heterocycles. The number of alkyl halides is 3. The Kier molecular flexibility index (Phi) is 4.32. The average Bonchev–Trinajstić information content (AvgIpc) is 2.29. The van der Waals surface area contributed by atoms with Gasteiger partial charge in [0.1, 0.15) is 17.6 Å². The van der Waals surface area contributed by atoms with Gasteiger partial charge in [-0.2, -0.15) is 18.4 Å². The molecular weight excluding hydrogens is 231 g/mol. The van der Waals surface area contributed by atoms with E-state index in [0.717, 1.165) is 0 Å². The van der Waals surface area contributed by atoms with Crippen LogP contribution in [0.4, 0.5) is 19.0 Å². The van der Waals surface area contributed by atoms with Gasteiger partial charge in [-0.3, -0.25) is 0 Å². The molecule has 0 spiro atoms. The summed E-state index contributed by atoms with van der Waals surface area (Å²) in [7, 11) is 0. The van der Waals surface area contributed by atoms with Gasteiger partial charge >= 0.3 is 6.18 Å². The molecule has 0 amide bonds. The van der Waals surface area contributed by atoms with Crippen LogP contribution in [0, 0.1) is 11.3 Å².